The van der Waals surface area contributed by atoms with Crippen molar-refractivity contribution >= 4 is 28.7 Å². The van der Waals surface area contributed by atoms with E-state index >= 15 is 0 Å². The second kappa shape index (κ2) is 21.3. The van der Waals surface area contributed by atoms with Crippen LogP contribution >= 0.6 is 22.6 Å². The van der Waals surface area contributed by atoms with Gasteiger partial charge in [0.2, 0.25) is 0 Å². The van der Waals surface area contributed by atoms with E-state index in [-0.39, 0.29) is 0 Å². The van der Waals surface area contributed by atoms with Gasteiger partial charge >= 0.3 is 6.16 Å². The van der Waals surface area contributed by atoms with Crippen LogP contribution in [0, 0.1) is 0 Å². The largest absolute Gasteiger partial charge is 0.505 e. The van der Waals surface area contributed by atoms with E-state index in [0.717, 1.165) is 12.8 Å². The third-order valence-electron chi connectivity index (χ3n) is 3.22. The molecule has 0 spiro atoms. The quantitative estimate of drug-likeness (QED) is 0.168. The molecule has 0 radical (unpaired) electrons. The Hall–Kier alpha value is 0. The zero-order chi connectivity index (χ0) is 15.5. The molecule has 0 aliphatic carbocycles. The first-order chi connectivity index (χ1) is 9.77. The van der Waals surface area contributed by atoms with Gasteiger partial charge < -0.3 is 9.84 Å². The lowest BCUT2D eigenvalue weighted by molar-refractivity contribution is 0.0899. The highest BCUT2D eigenvalue weighted by Crippen LogP contribution is 2.11. The molecule has 20 heavy (non-hydrogen) atoms. The van der Waals surface area contributed by atoms with Crippen molar-refractivity contribution in [2.45, 2.75) is 84.0 Å². The first-order valence-corrected chi connectivity index (χ1v) is 10.2. The average Bonchev–Trinajstić information content (AvgIpc) is 2.46. The fraction of sp³-hybridized carbons (Fsp3) is 0.938. The summed E-state index contributed by atoms with van der Waals surface area (Å²) in [6.45, 7) is 2.61. The van der Waals surface area contributed by atoms with Gasteiger partial charge in [-0.15, -0.1) is 0 Å². The van der Waals surface area contributed by atoms with Crippen molar-refractivity contribution in [1.82, 2.24) is 0 Å². The number of hydrogen-bond acceptors (Lipinski definition) is 2. The van der Waals surface area contributed by atoms with Gasteiger partial charge in [0, 0.05) is 0 Å². The van der Waals surface area contributed by atoms with E-state index < -0.39 is 6.16 Å². The number of rotatable bonds is 13. The molecule has 0 rings (SSSR count). The number of carboxylic acid groups (broad SMARTS) is 1. The molecule has 0 saturated heterocycles. The van der Waals surface area contributed by atoms with Crippen LogP contribution in [-0.2, 0) is 4.74 Å². The molecule has 0 aliphatic rings. The molecule has 3 nitrogen and oxygen atoms in total. The molecule has 0 aromatic heterocycles. The van der Waals surface area contributed by atoms with Crippen LogP contribution in [0.4, 0.5) is 4.79 Å². The molecule has 1 N–H and O–H groups in total. The minimum absolute atomic E-state index is 0.354. The van der Waals surface area contributed by atoms with Crippen molar-refractivity contribution in [2.75, 3.05) is 11.5 Å². The Morgan fingerprint density at radius 2 is 1.15 bits per heavy atom. The average molecular weight is 400 g/mol. The van der Waals surface area contributed by atoms with E-state index in [2.05, 4.69) is 34.3 Å². The van der Waals surface area contributed by atoms with Crippen LogP contribution in [-0.4, -0.2) is 22.8 Å². The highest BCUT2D eigenvalue weighted by Gasteiger charge is 1.96. The number of halogens is 1. The van der Waals surface area contributed by atoms with Gasteiger partial charge in [-0.25, -0.2) is 4.79 Å². The second-order valence-corrected chi connectivity index (χ2v) is 5.00. The van der Waals surface area contributed by atoms with Crippen LogP contribution in [0.15, 0.2) is 0 Å². The van der Waals surface area contributed by atoms with Gasteiger partial charge in [0.25, 0.3) is 0 Å². The van der Waals surface area contributed by atoms with Crippen molar-refractivity contribution < 1.29 is 14.6 Å². The normalized spacial score (nSPS) is 9.75. The maximum absolute atomic E-state index is 10.1. The Balaban J connectivity index is 0. The summed E-state index contributed by atoms with van der Waals surface area (Å²) in [6.07, 6.45) is 14.3. The predicted octanol–water partition coefficient (Wildman–Crippen LogP) is 6.43. The summed E-state index contributed by atoms with van der Waals surface area (Å²) >= 11 is 2.15. The first kappa shape index (κ1) is 22.3. The highest BCUT2D eigenvalue weighted by molar-refractivity contribution is 14.1. The maximum Gasteiger partial charge on any atom is 0.505 e. The third kappa shape index (κ3) is 23.1. The van der Waals surface area contributed by atoms with Crippen molar-refractivity contribution in [2.24, 2.45) is 0 Å². The summed E-state index contributed by atoms with van der Waals surface area (Å²) < 4.78 is 4.45. The number of alkyl halides is 1. The van der Waals surface area contributed by atoms with E-state index in [1.54, 1.807) is 0 Å². The molecule has 0 aromatic carbocycles. The summed E-state index contributed by atoms with van der Waals surface area (Å²) in [5, 5.41) is 8.27. The smallest absolute Gasteiger partial charge is 0.450 e. The second-order valence-electron chi connectivity index (χ2n) is 5.00. The first-order valence-electron chi connectivity index (χ1n) is 8.01. The molecule has 0 aromatic rings. The summed E-state index contributed by atoms with van der Waals surface area (Å²) in [5.74, 6) is 0. The van der Waals surface area contributed by atoms with Crippen LogP contribution in [0.3, 0.4) is 0 Å². The van der Waals surface area contributed by atoms with Gasteiger partial charge in [0.1, 0.15) is 0 Å². The van der Waals surface area contributed by atoms with Crippen LogP contribution in [0.1, 0.15) is 84.0 Å². The van der Waals surface area contributed by atoms with Gasteiger partial charge in [-0.3, -0.25) is 0 Å². The number of ether oxygens (including phenoxy) is 1. The van der Waals surface area contributed by atoms with Gasteiger partial charge in [0.15, 0.2) is 0 Å². The fourth-order valence-electron chi connectivity index (χ4n) is 2.10. The minimum atomic E-state index is -1.15. The molecule has 122 valence electrons. The number of carbonyl (C=O) groups is 1. The van der Waals surface area contributed by atoms with E-state index in [9.17, 15) is 4.79 Å². The zero-order valence-electron chi connectivity index (χ0n) is 13.3. The third-order valence-corrected chi connectivity index (χ3v) is 3.22. The monoisotopic (exact) mass is 400 g/mol. The molecule has 0 bridgehead atoms. The predicted molar refractivity (Wildman–Crippen MR) is 95.0 cm³/mol. The van der Waals surface area contributed by atoms with Crippen molar-refractivity contribution in [1.29, 1.82) is 0 Å². The lowest BCUT2D eigenvalue weighted by atomic mass is 10.1. The fourth-order valence-corrected chi connectivity index (χ4v) is 2.10. The lowest BCUT2D eigenvalue weighted by Gasteiger charge is -2.02. The van der Waals surface area contributed by atoms with Crippen LogP contribution < -0.4 is 0 Å². The summed E-state index contributed by atoms with van der Waals surface area (Å²) in [7, 11) is 0. The number of unbranched alkanes of at least 4 members (excludes halogenated alkanes) is 11. The van der Waals surface area contributed by atoms with E-state index in [4.69, 9.17) is 5.11 Å². The lowest BCUT2D eigenvalue weighted by Crippen LogP contribution is -2.01. The van der Waals surface area contributed by atoms with Crippen molar-refractivity contribution in [3.8, 4) is 0 Å². The molecular weight excluding hydrogens is 367 g/mol. The van der Waals surface area contributed by atoms with Gasteiger partial charge in [0.05, 0.1) is 6.61 Å². The molecule has 0 fully saturated rings. The van der Waals surface area contributed by atoms with Crippen LogP contribution in [0.5, 0.6) is 0 Å². The molecule has 0 heterocycles. The Morgan fingerprint density at radius 3 is 1.50 bits per heavy atom. The number of hydrogen-bond donors (Lipinski definition) is 1. The Labute approximate surface area is 139 Å². The van der Waals surface area contributed by atoms with E-state index in [0.29, 0.717) is 6.61 Å². The van der Waals surface area contributed by atoms with Gasteiger partial charge in [-0.2, -0.15) is 0 Å². The van der Waals surface area contributed by atoms with E-state index in [1.165, 1.54) is 64.2 Å². The van der Waals surface area contributed by atoms with Gasteiger partial charge in [-0.1, -0.05) is 100 Å². The molecular formula is C16H33IO3. The SMILES string of the molecule is CCCCCCCCCCCCCCOC(=O)O.CI. The van der Waals surface area contributed by atoms with Crippen molar-refractivity contribution in [3.05, 3.63) is 0 Å². The Kier molecular flexibility index (Phi) is 23.7. The molecule has 0 saturated carbocycles. The maximum atomic E-state index is 10.1. The highest BCUT2D eigenvalue weighted by atomic mass is 127. The standard InChI is InChI=1S/C15H30O3.CH3I/c1-2-3-4-5-6-7-8-9-10-11-12-13-14-18-15(16)17;1-2/h2-14H2,1H3,(H,16,17);1H3. The molecule has 0 unspecified atom stereocenters. The van der Waals surface area contributed by atoms with E-state index in [1.807, 2.05) is 4.93 Å². The van der Waals surface area contributed by atoms with Crippen LogP contribution in [0.2, 0.25) is 0 Å². The van der Waals surface area contributed by atoms with Gasteiger partial charge in [-0.05, 0) is 11.4 Å². The summed E-state index contributed by atoms with van der Waals surface area (Å²) in [4.78, 5) is 12.0. The molecule has 0 amide bonds. The minimum Gasteiger partial charge on any atom is -0.450 e. The Bertz CT molecular complexity index is 187. The van der Waals surface area contributed by atoms with Crippen LogP contribution in [0.25, 0.3) is 0 Å². The molecule has 0 atom stereocenters. The summed E-state index contributed by atoms with van der Waals surface area (Å²) in [6, 6.07) is 0. The molecule has 4 heteroatoms. The Morgan fingerprint density at radius 1 is 0.800 bits per heavy atom. The molecule has 0 aliphatic heterocycles. The summed E-state index contributed by atoms with van der Waals surface area (Å²) in [5.41, 5.74) is 0. The van der Waals surface area contributed by atoms with Crippen molar-refractivity contribution in [3.63, 3.8) is 0 Å². The topological polar surface area (TPSA) is 46.5 Å². The zero-order valence-corrected chi connectivity index (χ0v) is 15.5.